The minimum absolute atomic E-state index is 0.0312. The number of esters is 1. The molecule has 1 aliphatic rings. The van der Waals surface area contributed by atoms with Gasteiger partial charge >= 0.3 is 5.97 Å². The Kier molecular flexibility index (Phi) is 6.14. The summed E-state index contributed by atoms with van der Waals surface area (Å²) in [5.41, 5.74) is 6.67. The zero-order chi connectivity index (χ0) is 17.7. The number of carbonyl (C=O) groups excluding carboxylic acids is 2. The molecule has 1 aromatic heterocycles. The molecule has 1 aliphatic heterocycles. The molecule has 1 amide bonds. The van der Waals surface area contributed by atoms with Crippen molar-refractivity contribution >= 4 is 11.9 Å². The van der Waals surface area contributed by atoms with Crippen molar-refractivity contribution in [3.8, 4) is 0 Å². The number of hydrogen-bond acceptors (Lipinski definition) is 5. The van der Waals surface area contributed by atoms with E-state index in [9.17, 15) is 9.59 Å². The summed E-state index contributed by atoms with van der Waals surface area (Å²) < 4.78 is 6.84. The number of carbonyl (C=O) groups is 2. The van der Waals surface area contributed by atoms with Crippen LogP contribution in [0, 0.1) is 6.92 Å². The minimum atomic E-state index is -0.359. The first kappa shape index (κ1) is 18.2. The van der Waals surface area contributed by atoms with Crippen molar-refractivity contribution < 1.29 is 14.3 Å². The second kappa shape index (κ2) is 8.10. The third-order valence-electron chi connectivity index (χ3n) is 4.19. The highest BCUT2D eigenvalue weighted by Crippen LogP contribution is 2.21. The Morgan fingerprint density at radius 2 is 2.12 bits per heavy atom. The summed E-state index contributed by atoms with van der Waals surface area (Å²) in [5, 5.41) is 5.99. The van der Waals surface area contributed by atoms with E-state index in [1.807, 2.05) is 31.6 Å². The first-order valence-electron chi connectivity index (χ1n) is 8.38. The standard InChI is InChI=1S/C17H26N4O3/c1-5-20-11-14(13(4)19-20)10-18-21-8-7-12(3)15(17(21)23)9-16(22)24-6-2/h11,18H,5-10H2,1-4H3. The average Bonchev–Trinajstić information content (AvgIpc) is 2.91. The summed E-state index contributed by atoms with van der Waals surface area (Å²) in [4.78, 5) is 24.3. The predicted molar refractivity (Wildman–Crippen MR) is 89.8 cm³/mol. The monoisotopic (exact) mass is 334 g/mol. The number of nitrogens with one attached hydrogen (secondary N) is 1. The summed E-state index contributed by atoms with van der Waals surface area (Å²) in [6, 6.07) is 0. The lowest BCUT2D eigenvalue weighted by molar-refractivity contribution is -0.144. The summed E-state index contributed by atoms with van der Waals surface area (Å²) >= 11 is 0. The second-order valence-corrected chi connectivity index (χ2v) is 5.88. The maximum absolute atomic E-state index is 12.6. The number of ether oxygens (including phenoxy) is 1. The van der Waals surface area contributed by atoms with Crippen molar-refractivity contribution in [1.29, 1.82) is 0 Å². The van der Waals surface area contributed by atoms with E-state index in [2.05, 4.69) is 10.5 Å². The highest BCUT2D eigenvalue weighted by atomic mass is 16.5. The first-order chi connectivity index (χ1) is 11.5. The van der Waals surface area contributed by atoms with Crippen LogP contribution < -0.4 is 5.43 Å². The lowest BCUT2D eigenvalue weighted by Crippen LogP contribution is -2.46. The smallest absolute Gasteiger partial charge is 0.310 e. The Morgan fingerprint density at radius 3 is 2.75 bits per heavy atom. The van der Waals surface area contributed by atoms with Gasteiger partial charge < -0.3 is 4.74 Å². The Hall–Kier alpha value is -2.15. The SMILES string of the molecule is CCOC(=O)CC1=C(C)CCN(NCc2cn(CC)nc2C)C1=O. The molecule has 0 bridgehead atoms. The highest BCUT2D eigenvalue weighted by Gasteiger charge is 2.27. The molecule has 0 radical (unpaired) electrons. The van der Waals surface area contributed by atoms with Crippen LogP contribution in [0.3, 0.4) is 0 Å². The van der Waals surface area contributed by atoms with Gasteiger partial charge in [-0.05, 0) is 34.1 Å². The molecule has 0 saturated heterocycles. The fourth-order valence-corrected chi connectivity index (χ4v) is 2.69. The van der Waals surface area contributed by atoms with Crippen LogP contribution in [-0.4, -0.2) is 39.8 Å². The van der Waals surface area contributed by atoms with Gasteiger partial charge in [0.2, 0.25) is 0 Å². The largest absolute Gasteiger partial charge is 0.466 e. The van der Waals surface area contributed by atoms with Crippen LogP contribution in [0.25, 0.3) is 0 Å². The minimum Gasteiger partial charge on any atom is -0.466 e. The second-order valence-electron chi connectivity index (χ2n) is 5.88. The quantitative estimate of drug-likeness (QED) is 0.768. The van der Waals surface area contributed by atoms with E-state index < -0.39 is 0 Å². The van der Waals surface area contributed by atoms with E-state index in [-0.39, 0.29) is 18.3 Å². The molecule has 7 nitrogen and oxygen atoms in total. The number of aromatic nitrogens is 2. The summed E-state index contributed by atoms with van der Waals surface area (Å²) in [6.45, 7) is 9.91. The molecule has 0 aliphatic carbocycles. The van der Waals surface area contributed by atoms with Gasteiger partial charge in [-0.1, -0.05) is 5.57 Å². The van der Waals surface area contributed by atoms with Crippen LogP contribution in [0.5, 0.6) is 0 Å². The number of aryl methyl sites for hydroxylation is 2. The summed E-state index contributed by atoms with van der Waals surface area (Å²) in [6.07, 6.45) is 2.77. The Balaban J connectivity index is 2.00. The van der Waals surface area contributed by atoms with Crippen LogP contribution in [0.15, 0.2) is 17.3 Å². The van der Waals surface area contributed by atoms with Crippen LogP contribution in [0.1, 0.15) is 44.9 Å². The van der Waals surface area contributed by atoms with Crippen molar-refractivity contribution in [2.75, 3.05) is 13.2 Å². The normalized spacial score (nSPS) is 15.2. The molecule has 0 unspecified atom stereocenters. The molecule has 2 rings (SSSR count). The lowest BCUT2D eigenvalue weighted by atomic mass is 9.99. The zero-order valence-electron chi connectivity index (χ0n) is 14.9. The molecule has 0 spiro atoms. The van der Waals surface area contributed by atoms with Crippen LogP contribution in [0.4, 0.5) is 0 Å². The highest BCUT2D eigenvalue weighted by molar-refractivity contribution is 5.98. The predicted octanol–water partition coefficient (Wildman–Crippen LogP) is 1.72. The van der Waals surface area contributed by atoms with E-state index >= 15 is 0 Å². The van der Waals surface area contributed by atoms with Crippen LogP contribution in [-0.2, 0) is 27.4 Å². The topological polar surface area (TPSA) is 76.5 Å². The molecule has 7 heteroatoms. The maximum Gasteiger partial charge on any atom is 0.310 e. The molecule has 0 saturated carbocycles. The number of hydrazine groups is 1. The number of nitrogens with zero attached hydrogens (tertiary/aromatic N) is 3. The van der Waals surface area contributed by atoms with Gasteiger partial charge in [0.05, 0.1) is 18.7 Å². The van der Waals surface area contributed by atoms with E-state index in [1.165, 1.54) is 0 Å². The Bertz CT molecular complexity index is 648. The van der Waals surface area contributed by atoms with Crippen molar-refractivity contribution in [1.82, 2.24) is 20.2 Å². The first-order valence-corrected chi connectivity index (χ1v) is 8.38. The molecule has 0 atom stereocenters. The van der Waals surface area contributed by atoms with E-state index in [0.717, 1.165) is 29.8 Å². The molecular formula is C17H26N4O3. The van der Waals surface area contributed by atoms with Gasteiger partial charge in [-0.15, -0.1) is 0 Å². The number of rotatable bonds is 7. The van der Waals surface area contributed by atoms with Crippen LogP contribution in [0.2, 0.25) is 0 Å². The van der Waals surface area contributed by atoms with Crippen molar-refractivity contribution in [2.45, 2.75) is 53.6 Å². The van der Waals surface area contributed by atoms with E-state index in [4.69, 9.17) is 4.74 Å². The van der Waals surface area contributed by atoms with Gasteiger partial charge in [-0.3, -0.25) is 19.3 Å². The third-order valence-corrected chi connectivity index (χ3v) is 4.19. The molecule has 132 valence electrons. The van der Waals surface area contributed by atoms with Gasteiger partial charge in [0.15, 0.2) is 0 Å². The van der Waals surface area contributed by atoms with Gasteiger partial charge in [0.25, 0.3) is 5.91 Å². The maximum atomic E-state index is 12.6. The molecule has 0 fully saturated rings. The molecule has 1 N–H and O–H groups in total. The van der Waals surface area contributed by atoms with Crippen molar-refractivity contribution in [2.24, 2.45) is 0 Å². The summed E-state index contributed by atoms with van der Waals surface area (Å²) in [5.74, 6) is -0.505. The van der Waals surface area contributed by atoms with E-state index in [0.29, 0.717) is 25.3 Å². The van der Waals surface area contributed by atoms with Gasteiger partial charge in [-0.2, -0.15) is 5.10 Å². The Labute approximate surface area is 142 Å². The van der Waals surface area contributed by atoms with Crippen molar-refractivity contribution in [3.63, 3.8) is 0 Å². The third kappa shape index (κ3) is 4.23. The molecule has 1 aromatic rings. The van der Waals surface area contributed by atoms with Crippen LogP contribution >= 0.6 is 0 Å². The average molecular weight is 334 g/mol. The van der Waals surface area contributed by atoms with Crippen molar-refractivity contribution in [3.05, 3.63) is 28.6 Å². The van der Waals surface area contributed by atoms with Gasteiger partial charge in [-0.25, -0.2) is 5.43 Å². The molecular weight excluding hydrogens is 308 g/mol. The van der Waals surface area contributed by atoms with Gasteiger partial charge in [0, 0.05) is 37.0 Å². The molecule has 2 heterocycles. The fourth-order valence-electron chi connectivity index (χ4n) is 2.69. The molecule has 24 heavy (non-hydrogen) atoms. The zero-order valence-corrected chi connectivity index (χ0v) is 14.9. The fraction of sp³-hybridized carbons (Fsp3) is 0.588. The number of hydrogen-bond donors (Lipinski definition) is 1. The molecule has 0 aromatic carbocycles. The Morgan fingerprint density at radius 1 is 1.38 bits per heavy atom. The van der Waals surface area contributed by atoms with Gasteiger partial charge in [0.1, 0.15) is 0 Å². The number of amides is 1. The lowest BCUT2D eigenvalue weighted by Gasteiger charge is -2.29. The summed E-state index contributed by atoms with van der Waals surface area (Å²) in [7, 11) is 0. The van der Waals surface area contributed by atoms with E-state index in [1.54, 1.807) is 11.9 Å².